The molecule has 0 aliphatic rings. The Balaban J connectivity index is 1.72. The van der Waals surface area contributed by atoms with Gasteiger partial charge in [0.25, 0.3) is 0 Å². The summed E-state index contributed by atoms with van der Waals surface area (Å²) in [5.74, 6) is 0.223. The predicted molar refractivity (Wildman–Crippen MR) is 136 cm³/mol. The van der Waals surface area contributed by atoms with Crippen LogP contribution in [0, 0.1) is 0 Å². The Labute approximate surface area is 210 Å². The maximum absolute atomic E-state index is 12.0. The van der Waals surface area contributed by atoms with Gasteiger partial charge in [-0.2, -0.15) is 0 Å². The van der Waals surface area contributed by atoms with Gasteiger partial charge in [-0.1, -0.05) is 0 Å². The third-order valence-corrected chi connectivity index (χ3v) is 5.06. The monoisotopic (exact) mass is 500 g/mol. The molecule has 2 rings (SSSR count). The van der Waals surface area contributed by atoms with Crippen LogP contribution in [0.1, 0.15) is 24.0 Å². The van der Waals surface area contributed by atoms with Gasteiger partial charge in [-0.15, -0.1) is 0 Å². The van der Waals surface area contributed by atoms with E-state index >= 15 is 0 Å². The van der Waals surface area contributed by atoms with Gasteiger partial charge in [0.15, 0.2) is 23.0 Å². The number of hydrogen-bond acceptors (Lipinski definition) is 8. The lowest BCUT2D eigenvalue weighted by Crippen LogP contribution is -2.25. The van der Waals surface area contributed by atoms with Crippen molar-refractivity contribution in [3.63, 3.8) is 0 Å². The number of benzene rings is 2. The molecule has 0 aliphatic carbocycles. The van der Waals surface area contributed by atoms with Gasteiger partial charge in [-0.25, -0.2) is 0 Å². The molecule has 0 spiro atoms. The number of phenolic OH excluding ortho intramolecular Hbond substituents is 2. The number of hydrogen-bond donors (Lipinski definition) is 4. The van der Waals surface area contributed by atoms with Crippen LogP contribution in [0.4, 0.5) is 0 Å². The van der Waals surface area contributed by atoms with Crippen LogP contribution in [0.15, 0.2) is 36.4 Å². The molecule has 0 fully saturated rings. The van der Waals surface area contributed by atoms with Crippen molar-refractivity contribution in [3.8, 4) is 34.5 Å². The summed E-state index contributed by atoms with van der Waals surface area (Å²) in [5, 5.41) is 25.4. The van der Waals surface area contributed by atoms with E-state index in [1.807, 2.05) is 0 Å². The van der Waals surface area contributed by atoms with E-state index in [0.717, 1.165) is 0 Å². The molecule has 10 heteroatoms. The van der Waals surface area contributed by atoms with Crippen molar-refractivity contribution in [2.24, 2.45) is 0 Å². The highest BCUT2D eigenvalue weighted by Crippen LogP contribution is 2.38. The fraction of sp³-hybridized carbons (Fsp3) is 0.308. The van der Waals surface area contributed by atoms with Gasteiger partial charge in [-0.3, -0.25) is 9.59 Å². The largest absolute Gasteiger partial charge is 0.502 e. The summed E-state index contributed by atoms with van der Waals surface area (Å²) in [4.78, 5) is 24.1. The van der Waals surface area contributed by atoms with Crippen LogP contribution in [0.25, 0.3) is 12.2 Å². The molecule has 0 heterocycles. The van der Waals surface area contributed by atoms with Crippen LogP contribution in [0.3, 0.4) is 0 Å². The number of unbranched alkanes of at least 4 members (excludes halogenated alkanes) is 1. The van der Waals surface area contributed by atoms with Crippen LogP contribution < -0.4 is 29.6 Å². The molecule has 2 amide bonds. The van der Waals surface area contributed by atoms with Crippen molar-refractivity contribution in [1.82, 2.24) is 10.6 Å². The fourth-order valence-electron chi connectivity index (χ4n) is 3.15. The molecule has 2 aromatic carbocycles. The van der Waals surface area contributed by atoms with Crippen molar-refractivity contribution < 1.29 is 38.7 Å². The molecule has 2 aromatic rings. The lowest BCUT2D eigenvalue weighted by molar-refractivity contribution is -0.117. The molecular weight excluding hydrogens is 468 g/mol. The minimum absolute atomic E-state index is 0.106. The van der Waals surface area contributed by atoms with Crippen molar-refractivity contribution in [1.29, 1.82) is 0 Å². The molecule has 0 bridgehead atoms. The van der Waals surface area contributed by atoms with Gasteiger partial charge in [0.1, 0.15) is 0 Å². The van der Waals surface area contributed by atoms with Crippen molar-refractivity contribution in [2.45, 2.75) is 12.8 Å². The van der Waals surface area contributed by atoms with E-state index in [1.54, 1.807) is 36.4 Å². The molecule has 0 saturated carbocycles. The molecule has 36 heavy (non-hydrogen) atoms. The average Bonchev–Trinajstić information content (AvgIpc) is 2.89. The molecule has 194 valence electrons. The highest BCUT2D eigenvalue weighted by atomic mass is 16.5. The molecule has 0 aliphatic heterocycles. The van der Waals surface area contributed by atoms with E-state index in [2.05, 4.69) is 10.6 Å². The standard InChI is InChI=1S/C26H32N2O8/c1-33-19-13-17(14-20(34-2)25(19)31)7-9-23(29)27-11-5-6-12-28-24(30)10-8-18-15-21(35-3)26(32)22(16-18)36-4/h7-10,13-16,31-32H,5-6,11-12H2,1-4H3,(H,27,29)(H,28,30). The molecule has 0 saturated heterocycles. The number of amides is 2. The molecule has 0 unspecified atom stereocenters. The van der Waals surface area contributed by atoms with Gasteiger partial charge in [-0.05, 0) is 60.4 Å². The minimum atomic E-state index is -0.271. The second-order valence-corrected chi connectivity index (χ2v) is 7.50. The number of carbonyl (C=O) groups excluding carboxylic acids is 2. The van der Waals surface area contributed by atoms with Gasteiger partial charge >= 0.3 is 0 Å². The molecule has 0 radical (unpaired) electrons. The Hall–Kier alpha value is -4.34. The van der Waals surface area contributed by atoms with Crippen LogP contribution in [-0.4, -0.2) is 63.6 Å². The SMILES string of the molecule is COc1cc(C=CC(=O)NCCCCNC(=O)C=Cc2cc(OC)c(O)c(OC)c2)cc(OC)c1O. The molecule has 0 aromatic heterocycles. The summed E-state index contributed by atoms with van der Waals surface area (Å²) in [6.45, 7) is 0.897. The fourth-order valence-corrected chi connectivity index (χ4v) is 3.15. The Kier molecular flexibility index (Phi) is 11.0. The maximum atomic E-state index is 12.0. The second kappa shape index (κ2) is 14.1. The average molecular weight is 501 g/mol. The van der Waals surface area contributed by atoms with Crippen LogP contribution in [0.2, 0.25) is 0 Å². The maximum Gasteiger partial charge on any atom is 0.243 e. The van der Waals surface area contributed by atoms with Crippen molar-refractivity contribution in [2.75, 3.05) is 41.5 Å². The normalized spacial score (nSPS) is 10.9. The Morgan fingerprint density at radius 3 is 1.25 bits per heavy atom. The highest BCUT2D eigenvalue weighted by Gasteiger charge is 2.11. The van der Waals surface area contributed by atoms with E-state index in [4.69, 9.17) is 18.9 Å². The number of nitrogens with one attached hydrogen (secondary N) is 2. The van der Waals surface area contributed by atoms with Crippen LogP contribution in [0.5, 0.6) is 34.5 Å². The van der Waals surface area contributed by atoms with Crippen molar-refractivity contribution in [3.05, 3.63) is 47.5 Å². The first-order chi connectivity index (χ1) is 17.3. The summed E-state index contributed by atoms with van der Waals surface area (Å²) in [6.07, 6.45) is 7.29. The van der Waals surface area contributed by atoms with E-state index in [0.29, 0.717) is 37.1 Å². The van der Waals surface area contributed by atoms with E-state index in [1.165, 1.54) is 40.6 Å². The van der Waals surface area contributed by atoms with E-state index in [-0.39, 0.29) is 46.3 Å². The van der Waals surface area contributed by atoms with Crippen LogP contribution in [-0.2, 0) is 9.59 Å². The summed E-state index contributed by atoms with van der Waals surface area (Å²) >= 11 is 0. The number of carbonyl (C=O) groups is 2. The number of rotatable bonds is 13. The first-order valence-corrected chi connectivity index (χ1v) is 11.1. The second-order valence-electron chi connectivity index (χ2n) is 7.50. The van der Waals surface area contributed by atoms with Gasteiger partial charge in [0, 0.05) is 25.2 Å². The van der Waals surface area contributed by atoms with Gasteiger partial charge in [0.05, 0.1) is 28.4 Å². The zero-order valence-electron chi connectivity index (χ0n) is 20.8. The Morgan fingerprint density at radius 1 is 0.667 bits per heavy atom. The number of aromatic hydroxyl groups is 2. The molecule has 4 N–H and O–H groups in total. The summed E-state index contributed by atoms with van der Waals surface area (Å²) in [5.41, 5.74) is 1.27. The lowest BCUT2D eigenvalue weighted by Gasteiger charge is -2.09. The minimum Gasteiger partial charge on any atom is -0.502 e. The van der Waals surface area contributed by atoms with Gasteiger partial charge in [0.2, 0.25) is 23.3 Å². The predicted octanol–water partition coefficient (Wildman–Crippen LogP) is 2.87. The zero-order chi connectivity index (χ0) is 26.5. The van der Waals surface area contributed by atoms with Gasteiger partial charge < -0.3 is 39.8 Å². The van der Waals surface area contributed by atoms with E-state index in [9.17, 15) is 19.8 Å². The highest BCUT2D eigenvalue weighted by molar-refractivity contribution is 5.92. The number of phenols is 2. The summed E-state index contributed by atoms with van der Waals surface area (Å²) in [6, 6.07) is 6.36. The quantitative estimate of drug-likeness (QED) is 0.244. The first kappa shape index (κ1) is 27.9. The summed E-state index contributed by atoms with van der Waals surface area (Å²) in [7, 11) is 5.71. The zero-order valence-corrected chi connectivity index (χ0v) is 20.8. The number of methoxy groups -OCH3 is 4. The third-order valence-electron chi connectivity index (χ3n) is 5.06. The number of ether oxygens (including phenoxy) is 4. The Bertz CT molecular complexity index is 974. The smallest absolute Gasteiger partial charge is 0.243 e. The van der Waals surface area contributed by atoms with E-state index < -0.39 is 0 Å². The molecule has 10 nitrogen and oxygen atoms in total. The van der Waals surface area contributed by atoms with Crippen LogP contribution >= 0.6 is 0 Å². The summed E-state index contributed by atoms with van der Waals surface area (Å²) < 4.78 is 20.4. The van der Waals surface area contributed by atoms with Crippen molar-refractivity contribution >= 4 is 24.0 Å². The Morgan fingerprint density at radius 2 is 0.972 bits per heavy atom. The topological polar surface area (TPSA) is 136 Å². The molecule has 0 atom stereocenters. The molecular formula is C26H32N2O8. The first-order valence-electron chi connectivity index (χ1n) is 11.1. The third kappa shape index (κ3) is 8.15. The lowest BCUT2D eigenvalue weighted by atomic mass is 10.1.